The van der Waals surface area contributed by atoms with Crippen molar-refractivity contribution in [3.8, 4) is 0 Å². The van der Waals surface area contributed by atoms with Crippen molar-refractivity contribution in [1.82, 2.24) is 29.8 Å². The van der Waals surface area contributed by atoms with Crippen LogP contribution in [0.2, 0.25) is 0 Å². The lowest BCUT2D eigenvalue weighted by atomic mass is 10.2. The molecule has 3 heterocycles. The summed E-state index contributed by atoms with van der Waals surface area (Å²) in [5.74, 6) is 1.92. The number of nitrogens with zero attached hydrogens (tertiary/aromatic N) is 6. The molecular weight excluding hydrogens is 505 g/mol. The van der Waals surface area contributed by atoms with E-state index in [1.54, 1.807) is 6.26 Å². The Morgan fingerprint density at radius 2 is 1.90 bits per heavy atom. The summed E-state index contributed by atoms with van der Waals surface area (Å²) in [6.07, 6.45) is 5.50. The summed E-state index contributed by atoms with van der Waals surface area (Å²) in [6, 6.07) is 12.4. The van der Waals surface area contributed by atoms with E-state index in [1.165, 1.54) is 5.56 Å². The molecule has 1 aliphatic rings. The predicted octanol–water partition coefficient (Wildman–Crippen LogP) is 2.82. The topological polar surface area (TPSA) is 74.7 Å². The third kappa shape index (κ3) is 6.54. The zero-order valence-corrected chi connectivity index (χ0v) is 20.2. The zero-order valence-electron chi connectivity index (χ0n) is 17.9. The number of nitrogens with one attached hydrogen (secondary N) is 1. The van der Waals surface area contributed by atoms with Gasteiger partial charge in [-0.3, -0.25) is 4.90 Å². The maximum absolute atomic E-state index is 4.94. The number of imidazole rings is 1. The first-order chi connectivity index (χ1) is 14.8. The van der Waals surface area contributed by atoms with Crippen LogP contribution in [0.1, 0.15) is 24.0 Å². The maximum Gasteiger partial charge on any atom is 0.194 e. The van der Waals surface area contributed by atoms with E-state index in [1.807, 2.05) is 24.5 Å². The van der Waals surface area contributed by atoms with Gasteiger partial charge in [0.15, 0.2) is 5.96 Å². The molecule has 1 aliphatic heterocycles. The highest BCUT2D eigenvalue weighted by Gasteiger charge is 2.20. The van der Waals surface area contributed by atoms with Crippen molar-refractivity contribution >= 4 is 29.9 Å². The molecule has 0 amide bonds. The van der Waals surface area contributed by atoms with E-state index in [-0.39, 0.29) is 24.0 Å². The standard InChI is InChI=1S/C22H29N7O.HI/c1-2-23-22(28-13-11-27(12-14-28)18-20-8-15-30-26-20)25-16-21-24-9-10-29(21)17-19-6-4-3-5-7-19;/h3-10,15H,2,11-14,16-18H2,1H3,(H,23,25);1H. The number of aromatic nitrogens is 3. The van der Waals surface area contributed by atoms with E-state index in [2.05, 4.69) is 61.0 Å². The van der Waals surface area contributed by atoms with Crippen LogP contribution < -0.4 is 5.32 Å². The highest BCUT2D eigenvalue weighted by atomic mass is 127. The van der Waals surface area contributed by atoms with Gasteiger partial charge in [-0.25, -0.2) is 9.98 Å². The van der Waals surface area contributed by atoms with Gasteiger partial charge in [-0.2, -0.15) is 0 Å². The lowest BCUT2D eigenvalue weighted by Crippen LogP contribution is -2.52. The molecule has 0 unspecified atom stereocenters. The molecule has 1 saturated heterocycles. The smallest absolute Gasteiger partial charge is 0.194 e. The van der Waals surface area contributed by atoms with Crippen molar-refractivity contribution < 1.29 is 4.52 Å². The molecule has 0 atom stereocenters. The minimum absolute atomic E-state index is 0. The van der Waals surface area contributed by atoms with Crippen LogP contribution in [0.3, 0.4) is 0 Å². The van der Waals surface area contributed by atoms with E-state index < -0.39 is 0 Å². The molecular formula is C22H30IN7O. The van der Waals surface area contributed by atoms with E-state index >= 15 is 0 Å². The first kappa shape index (κ1) is 23.3. The van der Waals surface area contributed by atoms with E-state index in [4.69, 9.17) is 9.52 Å². The monoisotopic (exact) mass is 535 g/mol. The van der Waals surface area contributed by atoms with Crippen LogP contribution in [0.4, 0.5) is 0 Å². The molecule has 166 valence electrons. The summed E-state index contributed by atoms with van der Waals surface area (Å²) in [4.78, 5) is 14.1. The summed E-state index contributed by atoms with van der Waals surface area (Å²) >= 11 is 0. The zero-order chi connectivity index (χ0) is 20.6. The first-order valence-electron chi connectivity index (χ1n) is 10.5. The molecule has 2 aromatic heterocycles. The summed E-state index contributed by atoms with van der Waals surface area (Å²) in [5.41, 5.74) is 2.24. The van der Waals surface area contributed by atoms with Gasteiger partial charge in [-0.05, 0) is 12.5 Å². The van der Waals surface area contributed by atoms with Crippen molar-refractivity contribution in [2.45, 2.75) is 26.6 Å². The van der Waals surface area contributed by atoms with Crippen molar-refractivity contribution in [3.63, 3.8) is 0 Å². The number of rotatable bonds is 7. The second-order valence-corrected chi connectivity index (χ2v) is 7.38. The van der Waals surface area contributed by atoms with Gasteiger partial charge in [0, 0.05) is 64.3 Å². The molecule has 0 aliphatic carbocycles. The molecule has 0 saturated carbocycles. The fourth-order valence-electron chi connectivity index (χ4n) is 3.65. The quantitative estimate of drug-likeness (QED) is 0.285. The van der Waals surface area contributed by atoms with Crippen LogP contribution in [0.25, 0.3) is 0 Å². The number of guanidine groups is 1. The van der Waals surface area contributed by atoms with Crippen LogP contribution >= 0.6 is 24.0 Å². The van der Waals surface area contributed by atoms with Gasteiger partial charge in [0.25, 0.3) is 0 Å². The largest absolute Gasteiger partial charge is 0.364 e. The van der Waals surface area contributed by atoms with Crippen LogP contribution in [0.15, 0.2) is 64.6 Å². The van der Waals surface area contributed by atoms with Gasteiger partial charge < -0.3 is 19.3 Å². The summed E-state index contributed by atoms with van der Waals surface area (Å²) in [5, 5.41) is 7.45. The molecule has 3 aromatic rings. The van der Waals surface area contributed by atoms with Gasteiger partial charge in [0.05, 0.1) is 5.69 Å². The Hall–Kier alpha value is -2.40. The number of piperazine rings is 1. The SMILES string of the molecule is CCNC(=NCc1nccn1Cc1ccccc1)N1CCN(Cc2ccon2)CC1.I. The Morgan fingerprint density at radius 3 is 2.61 bits per heavy atom. The van der Waals surface area contributed by atoms with Crippen LogP contribution in [0.5, 0.6) is 0 Å². The minimum atomic E-state index is 0. The minimum Gasteiger partial charge on any atom is -0.364 e. The molecule has 1 fully saturated rings. The third-order valence-electron chi connectivity index (χ3n) is 5.25. The molecule has 0 spiro atoms. The Balaban J connectivity index is 0.00000272. The van der Waals surface area contributed by atoms with E-state index in [0.29, 0.717) is 6.54 Å². The van der Waals surface area contributed by atoms with Gasteiger partial charge in [0.1, 0.15) is 18.6 Å². The highest BCUT2D eigenvalue weighted by Crippen LogP contribution is 2.09. The number of hydrogen-bond donors (Lipinski definition) is 1. The number of halogens is 1. The van der Waals surface area contributed by atoms with E-state index in [9.17, 15) is 0 Å². The van der Waals surface area contributed by atoms with Crippen molar-refractivity contribution in [2.24, 2.45) is 4.99 Å². The molecule has 4 rings (SSSR count). The Labute approximate surface area is 200 Å². The molecule has 0 bridgehead atoms. The predicted molar refractivity (Wildman–Crippen MR) is 131 cm³/mol. The molecule has 8 nitrogen and oxygen atoms in total. The van der Waals surface area contributed by atoms with Gasteiger partial charge >= 0.3 is 0 Å². The fourth-order valence-corrected chi connectivity index (χ4v) is 3.65. The number of aliphatic imine (C=N–C) groups is 1. The van der Waals surface area contributed by atoms with Crippen molar-refractivity contribution in [1.29, 1.82) is 0 Å². The summed E-state index contributed by atoms with van der Waals surface area (Å²) < 4.78 is 7.10. The second kappa shape index (κ2) is 11.8. The van der Waals surface area contributed by atoms with Crippen LogP contribution in [-0.2, 0) is 19.6 Å². The normalized spacial score (nSPS) is 15.0. The highest BCUT2D eigenvalue weighted by molar-refractivity contribution is 14.0. The average Bonchev–Trinajstić information content (AvgIpc) is 3.45. The molecule has 0 radical (unpaired) electrons. The average molecular weight is 535 g/mol. The number of hydrogen-bond acceptors (Lipinski definition) is 5. The fraction of sp³-hybridized carbons (Fsp3) is 0.409. The lowest BCUT2D eigenvalue weighted by Gasteiger charge is -2.36. The third-order valence-corrected chi connectivity index (χ3v) is 5.25. The van der Waals surface area contributed by atoms with Gasteiger partial charge in [-0.1, -0.05) is 35.5 Å². The van der Waals surface area contributed by atoms with Crippen LogP contribution in [0, 0.1) is 0 Å². The van der Waals surface area contributed by atoms with Gasteiger partial charge in [0.2, 0.25) is 0 Å². The lowest BCUT2D eigenvalue weighted by molar-refractivity contribution is 0.169. The summed E-state index contributed by atoms with van der Waals surface area (Å²) in [6.45, 7) is 8.95. The van der Waals surface area contributed by atoms with Crippen molar-refractivity contribution in [3.05, 3.63) is 72.1 Å². The second-order valence-electron chi connectivity index (χ2n) is 7.38. The molecule has 1 aromatic carbocycles. The Morgan fingerprint density at radius 1 is 1.10 bits per heavy atom. The Kier molecular flexibility index (Phi) is 8.89. The molecule has 31 heavy (non-hydrogen) atoms. The van der Waals surface area contributed by atoms with E-state index in [0.717, 1.165) is 63.3 Å². The number of benzene rings is 1. The summed E-state index contributed by atoms with van der Waals surface area (Å²) in [7, 11) is 0. The molecule has 1 N–H and O–H groups in total. The molecule has 9 heteroatoms. The van der Waals surface area contributed by atoms with Crippen LogP contribution in [-0.4, -0.2) is 63.2 Å². The van der Waals surface area contributed by atoms with Crippen molar-refractivity contribution in [2.75, 3.05) is 32.7 Å². The maximum atomic E-state index is 4.94. The Bertz CT molecular complexity index is 919. The first-order valence-corrected chi connectivity index (χ1v) is 10.5. The van der Waals surface area contributed by atoms with Gasteiger partial charge in [-0.15, -0.1) is 24.0 Å².